The maximum absolute atomic E-state index is 12.3. The third-order valence-corrected chi connectivity index (χ3v) is 6.43. The molecule has 0 aliphatic carbocycles. The van der Waals surface area contributed by atoms with E-state index in [9.17, 15) is 9.59 Å². The van der Waals surface area contributed by atoms with Gasteiger partial charge in [-0.25, -0.2) is 9.78 Å². The van der Waals surface area contributed by atoms with Gasteiger partial charge in [-0.1, -0.05) is 23.9 Å². The van der Waals surface area contributed by atoms with Crippen LogP contribution in [-0.4, -0.2) is 58.4 Å². The lowest BCUT2D eigenvalue weighted by atomic mass is 10.2. The number of rotatable bonds is 10. The van der Waals surface area contributed by atoms with Gasteiger partial charge in [0, 0.05) is 36.7 Å². The van der Waals surface area contributed by atoms with Gasteiger partial charge in [0.2, 0.25) is 5.91 Å². The van der Waals surface area contributed by atoms with E-state index in [0.717, 1.165) is 17.9 Å². The van der Waals surface area contributed by atoms with Crippen molar-refractivity contribution in [3.8, 4) is 5.75 Å². The highest BCUT2D eigenvalue weighted by molar-refractivity contribution is 8.01. The van der Waals surface area contributed by atoms with E-state index in [1.807, 2.05) is 36.1 Å². The number of thiazole rings is 1. The first-order valence-corrected chi connectivity index (χ1v) is 11.0. The zero-order chi connectivity index (χ0) is 19.9. The van der Waals surface area contributed by atoms with Gasteiger partial charge in [-0.15, -0.1) is 11.3 Å². The van der Waals surface area contributed by atoms with Gasteiger partial charge in [0.1, 0.15) is 5.75 Å². The first-order valence-electron chi connectivity index (χ1n) is 9.15. The van der Waals surface area contributed by atoms with Crippen LogP contribution in [-0.2, 0) is 4.79 Å². The minimum absolute atomic E-state index is 0.0692. The third-order valence-electron chi connectivity index (χ3n) is 4.43. The summed E-state index contributed by atoms with van der Waals surface area (Å²) in [5.74, 6) is 0.645. The molecule has 0 spiro atoms. The van der Waals surface area contributed by atoms with Crippen molar-refractivity contribution in [1.29, 1.82) is 0 Å². The predicted octanol–water partition coefficient (Wildman–Crippen LogP) is 3.44. The molecule has 0 saturated carbocycles. The number of hydrogen-bond donors (Lipinski definition) is 2. The molecule has 1 aliphatic heterocycles. The van der Waals surface area contributed by atoms with Crippen molar-refractivity contribution in [2.45, 2.75) is 30.1 Å². The van der Waals surface area contributed by atoms with Crippen LogP contribution < -0.4 is 10.1 Å². The van der Waals surface area contributed by atoms with Crippen LogP contribution in [0.5, 0.6) is 5.75 Å². The van der Waals surface area contributed by atoms with Gasteiger partial charge in [0.15, 0.2) is 10.0 Å². The number of carbonyl (C=O) groups excluding carboxylic acids is 1. The normalized spacial score (nSPS) is 16.4. The Bertz CT molecular complexity index is 827. The van der Waals surface area contributed by atoms with Crippen molar-refractivity contribution in [3.05, 3.63) is 35.3 Å². The Morgan fingerprint density at radius 1 is 1.46 bits per heavy atom. The summed E-state index contributed by atoms with van der Waals surface area (Å²) in [6.45, 7) is 3.84. The molecular formula is C19H23N3O4S2. The minimum Gasteiger partial charge on any atom is -0.492 e. The maximum Gasteiger partial charge on any atom is 0.355 e. The van der Waals surface area contributed by atoms with Crippen LogP contribution >= 0.6 is 23.1 Å². The molecule has 1 atom stereocenters. The highest BCUT2D eigenvalue weighted by Gasteiger charge is 2.30. The number of hydrogen-bond acceptors (Lipinski definition) is 7. The molecule has 9 heteroatoms. The molecule has 1 fully saturated rings. The summed E-state index contributed by atoms with van der Waals surface area (Å²) in [5, 5.41) is 13.9. The van der Waals surface area contributed by atoms with Crippen LogP contribution in [0, 0.1) is 0 Å². The van der Waals surface area contributed by atoms with E-state index < -0.39 is 5.97 Å². The second kappa shape index (κ2) is 9.79. The summed E-state index contributed by atoms with van der Waals surface area (Å²) >= 11 is 2.80. The Morgan fingerprint density at radius 3 is 3.04 bits per heavy atom. The number of para-hydroxylation sites is 2. The number of thioether (sulfide) groups is 1. The molecule has 1 aromatic carbocycles. The van der Waals surface area contributed by atoms with Crippen molar-refractivity contribution < 1.29 is 19.4 Å². The molecule has 2 heterocycles. The van der Waals surface area contributed by atoms with Gasteiger partial charge in [0.25, 0.3) is 0 Å². The van der Waals surface area contributed by atoms with Crippen molar-refractivity contribution in [2.24, 2.45) is 0 Å². The van der Waals surface area contributed by atoms with Crippen LogP contribution in [0.15, 0.2) is 34.0 Å². The Morgan fingerprint density at radius 2 is 2.29 bits per heavy atom. The molecule has 0 unspecified atom stereocenters. The number of likely N-dealkylation sites (tertiary alicyclic amines) is 1. The summed E-state index contributed by atoms with van der Waals surface area (Å²) in [6, 6.07) is 7.93. The number of anilines is 1. The topological polar surface area (TPSA) is 91.8 Å². The van der Waals surface area contributed by atoms with Crippen LogP contribution in [0.25, 0.3) is 0 Å². The molecule has 28 heavy (non-hydrogen) atoms. The van der Waals surface area contributed by atoms with Crippen LogP contribution in [0.4, 0.5) is 5.69 Å². The zero-order valence-corrected chi connectivity index (χ0v) is 17.2. The SMILES string of the molecule is CCOc1ccccc1NC[C@H]1CCC(=O)N1CCSc1nc(C(=O)O)cs1. The van der Waals surface area contributed by atoms with E-state index in [-0.39, 0.29) is 17.6 Å². The fraction of sp³-hybridized carbons (Fsp3) is 0.421. The van der Waals surface area contributed by atoms with Crippen molar-refractivity contribution >= 4 is 40.7 Å². The second-order valence-electron chi connectivity index (χ2n) is 6.24. The van der Waals surface area contributed by atoms with Crippen molar-refractivity contribution in [3.63, 3.8) is 0 Å². The van der Waals surface area contributed by atoms with Gasteiger partial charge in [-0.2, -0.15) is 0 Å². The maximum atomic E-state index is 12.3. The van der Waals surface area contributed by atoms with Crippen LogP contribution in [0.2, 0.25) is 0 Å². The number of nitrogens with zero attached hydrogens (tertiary/aromatic N) is 2. The molecule has 1 amide bonds. The molecule has 2 aromatic rings. The average Bonchev–Trinajstić information content (AvgIpc) is 3.29. The molecule has 2 N–H and O–H groups in total. The number of amides is 1. The largest absolute Gasteiger partial charge is 0.492 e. The lowest BCUT2D eigenvalue weighted by Crippen LogP contribution is -2.39. The van der Waals surface area contributed by atoms with Gasteiger partial charge < -0.3 is 20.1 Å². The van der Waals surface area contributed by atoms with Crippen molar-refractivity contribution in [1.82, 2.24) is 9.88 Å². The number of carboxylic acid groups (broad SMARTS) is 1. The zero-order valence-electron chi connectivity index (χ0n) is 15.6. The van der Waals surface area contributed by atoms with Gasteiger partial charge >= 0.3 is 5.97 Å². The van der Waals surface area contributed by atoms with E-state index in [1.165, 1.54) is 28.5 Å². The van der Waals surface area contributed by atoms with Crippen molar-refractivity contribution in [2.75, 3.05) is 30.8 Å². The molecule has 7 nitrogen and oxygen atoms in total. The molecule has 1 saturated heterocycles. The molecule has 3 rings (SSSR count). The monoisotopic (exact) mass is 421 g/mol. The summed E-state index contributed by atoms with van der Waals surface area (Å²) in [5.41, 5.74) is 1.00. The number of benzene rings is 1. The highest BCUT2D eigenvalue weighted by atomic mass is 32.2. The number of carboxylic acids is 1. The van der Waals surface area contributed by atoms with E-state index in [4.69, 9.17) is 9.84 Å². The molecule has 0 radical (unpaired) electrons. The summed E-state index contributed by atoms with van der Waals surface area (Å²) in [7, 11) is 0. The molecule has 0 bridgehead atoms. The van der Waals surface area contributed by atoms with Crippen LogP contribution in [0.3, 0.4) is 0 Å². The number of aromatic nitrogens is 1. The third kappa shape index (κ3) is 5.17. The highest BCUT2D eigenvalue weighted by Crippen LogP contribution is 2.27. The average molecular weight is 422 g/mol. The standard InChI is InChI=1S/C19H23N3O4S2/c1-2-26-16-6-4-3-5-14(16)20-11-13-7-8-17(23)22(13)9-10-27-19-21-15(12-28-19)18(24)25/h3-6,12-13,20H,2,7-11H2,1H3,(H,24,25)/t13-/m1/s1. The Kier molecular flexibility index (Phi) is 7.16. The fourth-order valence-corrected chi connectivity index (χ4v) is 4.90. The Labute approximate surface area is 172 Å². The number of aromatic carboxylic acids is 1. The number of ether oxygens (including phenoxy) is 1. The summed E-state index contributed by atoms with van der Waals surface area (Å²) < 4.78 is 6.35. The van der Waals surface area contributed by atoms with E-state index in [1.54, 1.807) is 0 Å². The number of carbonyl (C=O) groups is 2. The first-order chi connectivity index (χ1) is 13.6. The quantitative estimate of drug-likeness (QED) is 0.568. The molecule has 150 valence electrons. The predicted molar refractivity (Wildman–Crippen MR) is 111 cm³/mol. The van der Waals surface area contributed by atoms with Crippen LogP contribution in [0.1, 0.15) is 30.3 Å². The lowest BCUT2D eigenvalue weighted by molar-refractivity contribution is -0.128. The summed E-state index contributed by atoms with van der Waals surface area (Å²) in [6.07, 6.45) is 1.39. The second-order valence-corrected chi connectivity index (χ2v) is 8.44. The summed E-state index contributed by atoms with van der Waals surface area (Å²) in [4.78, 5) is 29.2. The lowest BCUT2D eigenvalue weighted by Gasteiger charge is -2.25. The van der Waals surface area contributed by atoms with Gasteiger partial charge in [0.05, 0.1) is 12.3 Å². The van der Waals surface area contributed by atoms with E-state index in [2.05, 4.69) is 10.3 Å². The smallest absolute Gasteiger partial charge is 0.355 e. The Balaban J connectivity index is 1.52. The first kappa shape index (κ1) is 20.5. The minimum atomic E-state index is -1.02. The van der Waals surface area contributed by atoms with E-state index >= 15 is 0 Å². The van der Waals surface area contributed by atoms with E-state index in [0.29, 0.717) is 36.2 Å². The number of nitrogens with one attached hydrogen (secondary N) is 1. The molecule has 1 aromatic heterocycles. The molecular weight excluding hydrogens is 398 g/mol. The molecule has 1 aliphatic rings. The Hall–Kier alpha value is -2.26. The van der Waals surface area contributed by atoms with Gasteiger partial charge in [-0.05, 0) is 25.5 Å². The van der Waals surface area contributed by atoms with Gasteiger partial charge in [-0.3, -0.25) is 4.79 Å². The fourth-order valence-electron chi connectivity index (χ4n) is 3.09.